The topological polar surface area (TPSA) is 18.5 Å². The zero-order valence-electron chi connectivity index (χ0n) is 12.3. The van der Waals surface area contributed by atoms with E-state index in [9.17, 15) is 4.39 Å². The van der Waals surface area contributed by atoms with Crippen LogP contribution in [0.3, 0.4) is 0 Å². The molecule has 19 heavy (non-hydrogen) atoms. The van der Waals surface area contributed by atoms with Gasteiger partial charge in [-0.15, -0.1) is 0 Å². The minimum Gasteiger partial charge on any atom is -0.368 e. The molecule has 0 aliphatic carbocycles. The van der Waals surface area contributed by atoms with Crippen molar-refractivity contribution in [2.24, 2.45) is 0 Å². The Bertz CT molecular complexity index is 355. The van der Waals surface area contributed by atoms with E-state index in [0.717, 1.165) is 39.1 Å². The first-order chi connectivity index (χ1) is 9.15. The first-order valence-corrected chi connectivity index (χ1v) is 7.00. The molecule has 0 saturated carbocycles. The minimum atomic E-state index is -0.142. The van der Waals surface area contributed by atoms with Gasteiger partial charge in [0.15, 0.2) is 0 Å². The first-order valence-electron chi connectivity index (χ1n) is 7.00. The number of anilines is 1. The molecule has 0 bridgehead atoms. The molecule has 1 aromatic rings. The van der Waals surface area contributed by atoms with Crippen molar-refractivity contribution in [2.75, 3.05) is 51.7 Å². The number of likely N-dealkylation sites (N-methyl/N-ethyl adjacent to an activating group) is 1. The summed E-state index contributed by atoms with van der Waals surface area (Å²) in [6, 6.07) is 6.96. The Labute approximate surface area is 116 Å². The molecule has 0 aliphatic rings. The van der Waals surface area contributed by atoms with Crippen LogP contribution in [0.4, 0.5) is 10.1 Å². The summed E-state index contributed by atoms with van der Waals surface area (Å²) in [7, 11) is 4.16. The van der Waals surface area contributed by atoms with E-state index in [1.165, 1.54) is 6.07 Å². The maximum absolute atomic E-state index is 13.7. The molecule has 0 saturated heterocycles. The van der Waals surface area contributed by atoms with Gasteiger partial charge < -0.3 is 15.1 Å². The molecule has 0 radical (unpaired) electrons. The van der Waals surface area contributed by atoms with Crippen molar-refractivity contribution in [1.29, 1.82) is 0 Å². The van der Waals surface area contributed by atoms with Crippen LogP contribution < -0.4 is 10.2 Å². The summed E-state index contributed by atoms with van der Waals surface area (Å²) in [5.74, 6) is -0.142. The minimum absolute atomic E-state index is 0.142. The molecule has 0 heterocycles. The maximum atomic E-state index is 13.7. The van der Waals surface area contributed by atoms with Crippen LogP contribution in [0.25, 0.3) is 0 Å². The average molecular weight is 267 g/mol. The second-order valence-corrected chi connectivity index (χ2v) is 4.94. The van der Waals surface area contributed by atoms with Gasteiger partial charge in [0.05, 0.1) is 5.69 Å². The quantitative estimate of drug-likeness (QED) is 0.692. The van der Waals surface area contributed by atoms with Gasteiger partial charge in [-0.3, -0.25) is 0 Å². The molecule has 4 heteroatoms. The van der Waals surface area contributed by atoms with Crippen molar-refractivity contribution in [2.45, 2.75) is 13.3 Å². The van der Waals surface area contributed by atoms with E-state index >= 15 is 0 Å². The van der Waals surface area contributed by atoms with Gasteiger partial charge in [0.1, 0.15) is 5.82 Å². The van der Waals surface area contributed by atoms with Crippen LogP contribution in [0.1, 0.15) is 13.3 Å². The highest BCUT2D eigenvalue weighted by Gasteiger charge is 2.08. The molecule has 1 rings (SSSR count). The monoisotopic (exact) mass is 267 g/mol. The summed E-state index contributed by atoms with van der Waals surface area (Å²) in [5.41, 5.74) is 0.695. The lowest BCUT2D eigenvalue weighted by Gasteiger charge is -2.23. The predicted molar refractivity (Wildman–Crippen MR) is 80.3 cm³/mol. The van der Waals surface area contributed by atoms with E-state index < -0.39 is 0 Å². The first kappa shape index (κ1) is 15.9. The Hall–Kier alpha value is -1.13. The molecule has 108 valence electrons. The van der Waals surface area contributed by atoms with E-state index in [1.54, 1.807) is 6.07 Å². The Morgan fingerprint density at radius 2 is 1.84 bits per heavy atom. The van der Waals surface area contributed by atoms with Crippen molar-refractivity contribution < 1.29 is 4.39 Å². The summed E-state index contributed by atoms with van der Waals surface area (Å²) >= 11 is 0. The predicted octanol–water partition coefficient (Wildman–Crippen LogP) is 2.19. The number of hydrogen-bond acceptors (Lipinski definition) is 3. The lowest BCUT2D eigenvalue weighted by molar-refractivity contribution is 0.395. The van der Waals surface area contributed by atoms with Crippen LogP contribution in [0.5, 0.6) is 0 Å². The van der Waals surface area contributed by atoms with Gasteiger partial charge >= 0.3 is 0 Å². The van der Waals surface area contributed by atoms with E-state index in [0.29, 0.717) is 5.69 Å². The molecular formula is C15H26FN3. The second-order valence-electron chi connectivity index (χ2n) is 4.94. The molecule has 0 aliphatic heterocycles. The van der Waals surface area contributed by atoms with Crippen molar-refractivity contribution in [3.05, 3.63) is 30.1 Å². The van der Waals surface area contributed by atoms with Gasteiger partial charge in [-0.1, -0.05) is 12.1 Å². The fraction of sp³-hybridized carbons (Fsp3) is 0.600. The summed E-state index contributed by atoms with van der Waals surface area (Å²) in [6.45, 7) is 6.69. The molecule has 3 nitrogen and oxygen atoms in total. The number of rotatable bonds is 9. The molecule has 0 amide bonds. The normalized spacial score (nSPS) is 11.0. The SMILES string of the molecule is CCN(CCNCCCN(C)C)c1ccccc1F. The summed E-state index contributed by atoms with van der Waals surface area (Å²) in [4.78, 5) is 4.24. The highest BCUT2D eigenvalue weighted by molar-refractivity contribution is 5.47. The van der Waals surface area contributed by atoms with Gasteiger partial charge in [-0.2, -0.15) is 0 Å². The Balaban J connectivity index is 2.28. The van der Waals surface area contributed by atoms with Crippen molar-refractivity contribution in [3.8, 4) is 0 Å². The van der Waals surface area contributed by atoms with Gasteiger partial charge in [0.2, 0.25) is 0 Å². The third-order valence-corrected chi connectivity index (χ3v) is 3.09. The molecule has 0 spiro atoms. The van der Waals surface area contributed by atoms with E-state index in [-0.39, 0.29) is 5.82 Å². The van der Waals surface area contributed by atoms with Crippen molar-refractivity contribution in [1.82, 2.24) is 10.2 Å². The zero-order chi connectivity index (χ0) is 14.1. The van der Waals surface area contributed by atoms with Gasteiger partial charge in [-0.25, -0.2) is 4.39 Å². The van der Waals surface area contributed by atoms with Gasteiger partial charge in [0, 0.05) is 19.6 Å². The van der Waals surface area contributed by atoms with Crippen LogP contribution in [0.15, 0.2) is 24.3 Å². The lowest BCUT2D eigenvalue weighted by Crippen LogP contribution is -2.33. The number of para-hydroxylation sites is 1. The molecule has 0 atom stereocenters. The van der Waals surface area contributed by atoms with Crippen molar-refractivity contribution >= 4 is 5.69 Å². The number of benzene rings is 1. The van der Waals surface area contributed by atoms with Gasteiger partial charge in [-0.05, 0) is 52.7 Å². The van der Waals surface area contributed by atoms with E-state index in [2.05, 4.69) is 36.1 Å². The molecule has 0 aromatic heterocycles. The van der Waals surface area contributed by atoms with E-state index in [4.69, 9.17) is 0 Å². The highest BCUT2D eigenvalue weighted by Crippen LogP contribution is 2.17. The third-order valence-electron chi connectivity index (χ3n) is 3.09. The van der Waals surface area contributed by atoms with E-state index in [1.807, 2.05) is 12.1 Å². The van der Waals surface area contributed by atoms with Gasteiger partial charge in [0.25, 0.3) is 0 Å². The summed E-state index contributed by atoms with van der Waals surface area (Å²) in [6.07, 6.45) is 1.14. The maximum Gasteiger partial charge on any atom is 0.146 e. The van der Waals surface area contributed by atoms with Crippen LogP contribution >= 0.6 is 0 Å². The van der Waals surface area contributed by atoms with Crippen LogP contribution in [-0.2, 0) is 0 Å². The summed E-state index contributed by atoms with van der Waals surface area (Å²) < 4.78 is 13.7. The van der Waals surface area contributed by atoms with Crippen molar-refractivity contribution in [3.63, 3.8) is 0 Å². The molecule has 1 aromatic carbocycles. The molecule has 1 N–H and O–H groups in total. The zero-order valence-corrected chi connectivity index (χ0v) is 12.3. The second kappa shape index (κ2) is 8.88. The number of nitrogens with one attached hydrogen (secondary N) is 1. The number of nitrogens with zero attached hydrogens (tertiary/aromatic N) is 2. The average Bonchev–Trinajstić information content (AvgIpc) is 2.39. The standard InChI is InChI=1S/C15H26FN3/c1-4-19(15-9-6-5-8-14(15)16)13-11-17-10-7-12-18(2)3/h5-6,8-9,17H,4,7,10-13H2,1-3H3. The van der Waals surface area contributed by atoms with Crippen LogP contribution in [0, 0.1) is 5.82 Å². The Morgan fingerprint density at radius 1 is 1.11 bits per heavy atom. The Morgan fingerprint density at radius 3 is 2.47 bits per heavy atom. The van der Waals surface area contributed by atoms with Crippen LogP contribution in [0.2, 0.25) is 0 Å². The molecule has 0 unspecified atom stereocenters. The molecular weight excluding hydrogens is 241 g/mol. The number of hydrogen-bond donors (Lipinski definition) is 1. The highest BCUT2D eigenvalue weighted by atomic mass is 19.1. The molecule has 0 fully saturated rings. The third kappa shape index (κ3) is 6.03. The van der Waals surface area contributed by atoms with Crippen LogP contribution in [-0.4, -0.2) is 51.7 Å². The number of halogens is 1. The smallest absolute Gasteiger partial charge is 0.146 e. The fourth-order valence-corrected chi connectivity index (χ4v) is 2.02. The Kier molecular flexibility index (Phi) is 7.45. The fourth-order valence-electron chi connectivity index (χ4n) is 2.02. The largest absolute Gasteiger partial charge is 0.368 e. The summed E-state index contributed by atoms with van der Waals surface area (Å²) in [5, 5.41) is 3.40. The lowest BCUT2D eigenvalue weighted by atomic mass is 10.2.